The highest BCUT2D eigenvalue weighted by molar-refractivity contribution is 5.71. The summed E-state index contributed by atoms with van der Waals surface area (Å²) in [6, 6.07) is 0. The fourth-order valence-corrected chi connectivity index (χ4v) is 1.94. The Bertz CT molecular complexity index is 392. The van der Waals surface area contributed by atoms with E-state index in [9.17, 15) is 4.79 Å². The molecule has 3 nitrogen and oxygen atoms in total. The molecule has 0 saturated carbocycles. The first-order valence-electron chi connectivity index (χ1n) is 8.71. The van der Waals surface area contributed by atoms with Gasteiger partial charge in [0, 0.05) is 0 Å². The molecule has 0 aromatic heterocycles. The minimum absolute atomic E-state index is 0.265. The number of rotatable bonds is 14. The zero-order valence-electron chi connectivity index (χ0n) is 14.4. The predicted octanol–water partition coefficient (Wildman–Crippen LogP) is 5.19. The van der Waals surface area contributed by atoms with Crippen molar-refractivity contribution in [2.45, 2.75) is 70.8 Å². The average Bonchev–Trinajstić information content (AvgIpc) is 2.54. The van der Waals surface area contributed by atoms with Crippen LogP contribution in [0.3, 0.4) is 0 Å². The lowest BCUT2D eigenvalue weighted by Gasteiger charge is -2.00. The van der Waals surface area contributed by atoms with E-state index >= 15 is 0 Å². The van der Waals surface area contributed by atoms with Crippen LogP contribution in [0.2, 0.25) is 0 Å². The van der Waals surface area contributed by atoms with Crippen molar-refractivity contribution in [3.63, 3.8) is 0 Å². The third kappa shape index (κ3) is 16.6. The van der Waals surface area contributed by atoms with Crippen LogP contribution in [0.5, 0.6) is 0 Å². The molecule has 2 N–H and O–H groups in total. The Morgan fingerprint density at radius 2 is 1.52 bits per heavy atom. The van der Waals surface area contributed by atoms with Crippen molar-refractivity contribution in [2.75, 3.05) is 0 Å². The summed E-state index contributed by atoms with van der Waals surface area (Å²) in [4.78, 5) is 10.4. The van der Waals surface area contributed by atoms with E-state index in [1.54, 1.807) is 0 Å². The molecule has 0 saturated heterocycles. The fourth-order valence-electron chi connectivity index (χ4n) is 1.94. The van der Waals surface area contributed by atoms with Gasteiger partial charge in [0.2, 0.25) is 0 Å². The number of allylic oxidation sites excluding steroid dienone is 8. The van der Waals surface area contributed by atoms with E-state index in [4.69, 9.17) is 10.2 Å². The molecule has 0 aliphatic rings. The second-order valence-corrected chi connectivity index (χ2v) is 5.54. The number of aliphatic hydroxyl groups is 1. The molecule has 1 atom stereocenters. The zero-order valence-corrected chi connectivity index (χ0v) is 14.4. The van der Waals surface area contributed by atoms with Gasteiger partial charge in [-0.1, -0.05) is 68.4 Å². The smallest absolute Gasteiger partial charge is 0.332 e. The molecule has 0 heterocycles. The van der Waals surface area contributed by atoms with Gasteiger partial charge in [-0.2, -0.15) is 0 Å². The van der Waals surface area contributed by atoms with Crippen LogP contribution in [0.4, 0.5) is 0 Å². The van der Waals surface area contributed by atoms with Gasteiger partial charge in [0.25, 0.3) is 0 Å². The fraction of sp³-hybridized carbons (Fsp3) is 0.550. The first-order valence-corrected chi connectivity index (χ1v) is 8.71. The number of carboxylic acids is 1. The highest BCUT2D eigenvalue weighted by Gasteiger charge is 2.10. The quantitative estimate of drug-likeness (QED) is 0.263. The van der Waals surface area contributed by atoms with Crippen LogP contribution in [0.1, 0.15) is 64.7 Å². The van der Waals surface area contributed by atoms with Gasteiger partial charge in [-0.3, -0.25) is 0 Å². The molecule has 0 fully saturated rings. The van der Waals surface area contributed by atoms with E-state index < -0.39 is 12.1 Å². The largest absolute Gasteiger partial charge is 0.479 e. The van der Waals surface area contributed by atoms with Gasteiger partial charge in [-0.05, 0) is 44.9 Å². The van der Waals surface area contributed by atoms with E-state index in [-0.39, 0.29) is 6.42 Å². The molecule has 0 rings (SSSR count). The highest BCUT2D eigenvalue weighted by Crippen LogP contribution is 2.02. The maximum absolute atomic E-state index is 10.4. The first-order chi connectivity index (χ1) is 11.2. The Balaban J connectivity index is 3.50. The molecule has 0 aromatic rings. The van der Waals surface area contributed by atoms with Crippen LogP contribution >= 0.6 is 0 Å². The number of aliphatic carboxylic acids is 1. The SMILES string of the molecule is CCCCCC=CCCC=CC=CCC=CCC[C@H](O)C(=O)O. The molecule has 0 unspecified atom stereocenters. The van der Waals surface area contributed by atoms with Crippen LogP contribution in [-0.4, -0.2) is 22.3 Å². The molecule has 0 aromatic carbocycles. The Labute approximate surface area is 141 Å². The number of hydrogen-bond donors (Lipinski definition) is 2. The summed E-state index contributed by atoms with van der Waals surface area (Å²) < 4.78 is 0. The number of carboxylic acid groups (broad SMARTS) is 1. The highest BCUT2D eigenvalue weighted by atomic mass is 16.4. The number of aliphatic hydroxyl groups excluding tert-OH is 1. The van der Waals surface area contributed by atoms with Crippen LogP contribution in [0.25, 0.3) is 0 Å². The number of unbranched alkanes of at least 4 members (excludes halogenated alkanes) is 4. The standard InChI is InChI=1S/C20H32O3/c1-2-3-4-5-6-7-8-9-10-11-12-13-14-15-16-17-18-19(21)20(22)23/h6-7,10-13,15-16,19,21H,2-5,8-9,14,17-18H2,1H3,(H,22,23)/t19-/m0/s1. The maximum atomic E-state index is 10.4. The van der Waals surface area contributed by atoms with Gasteiger partial charge in [-0.25, -0.2) is 4.79 Å². The van der Waals surface area contributed by atoms with E-state index in [2.05, 4.69) is 37.3 Å². The molecule has 0 spiro atoms. The summed E-state index contributed by atoms with van der Waals surface area (Å²) >= 11 is 0. The summed E-state index contributed by atoms with van der Waals surface area (Å²) in [7, 11) is 0. The minimum Gasteiger partial charge on any atom is -0.479 e. The van der Waals surface area contributed by atoms with Gasteiger partial charge in [0.05, 0.1) is 0 Å². The zero-order chi connectivity index (χ0) is 17.2. The Kier molecular flexibility index (Phi) is 15.6. The van der Waals surface area contributed by atoms with Crippen molar-refractivity contribution in [1.29, 1.82) is 0 Å². The van der Waals surface area contributed by atoms with Gasteiger partial charge in [-0.15, -0.1) is 0 Å². The lowest BCUT2D eigenvalue weighted by Crippen LogP contribution is -2.18. The van der Waals surface area contributed by atoms with Gasteiger partial charge < -0.3 is 10.2 Å². The van der Waals surface area contributed by atoms with Gasteiger partial charge in [0.15, 0.2) is 6.10 Å². The second-order valence-electron chi connectivity index (χ2n) is 5.54. The maximum Gasteiger partial charge on any atom is 0.332 e. The van der Waals surface area contributed by atoms with Crippen molar-refractivity contribution in [1.82, 2.24) is 0 Å². The predicted molar refractivity (Wildman–Crippen MR) is 97.4 cm³/mol. The molecule has 0 radical (unpaired) electrons. The summed E-state index contributed by atoms with van der Waals surface area (Å²) in [5.74, 6) is -1.15. The molecule has 0 aliphatic carbocycles. The summed E-state index contributed by atoms with van der Waals surface area (Å²) in [6.45, 7) is 2.22. The Hall–Kier alpha value is -1.61. The molecule has 0 amide bonds. The van der Waals surface area contributed by atoms with Gasteiger partial charge >= 0.3 is 5.97 Å². The molecule has 0 bridgehead atoms. The normalized spacial score (nSPS) is 13.8. The van der Waals surface area contributed by atoms with Gasteiger partial charge in [0.1, 0.15) is 0 Å². The Morgan fingerprint density at radius 1 is 0.870 bits per heavy atom. The minimum atomic E-state index is -1.25. The van der Waals surface area contributed by atoms with E-state index in [1.165, 1.54) is 25.7 Å². The average molecular weight is 320 g/mol. The van der Waals surface area contributed by atoms with Crippen molar-refractivity contribution in [3.05, 3.63) is 48.6 Å². The van der Waals surface area contributed by atoms with Crippen molar-refractivity contribution < 1.29 is 15.0 Å². The van der Waals surface area contributed by atoms with Crippen molar-refractivity contribution in [2.24, 2.45) is 0 Å². The summed E-state index contributed by atoms with van der Waals surface area (Å²) in [6.07, 6.45) is 24.4. The topological polar surface area (TPSA) is 57.5 Å². The summed E-state index contributed by atoms with van der Waals surface area (Å²) in [5.41, 5.74) is 0. The Morgan fingerprint density at radius 3 is 2.26 bits per heavy atom. The number of carbonyl (C=O) groups is 1. The van der Waals surface area contributed by atoms with Crippen molar-refractivity contribution >= 4 is 5.97 Å². The molecule has 23 heavy (non-hydrogen) atoms. The third-order valence-corrected chi connectivity index (χ3v) is 3.35. The van der Waals surface area contributed by atoms with E-state index in [0.717, 1.165) is 19.3 Å². The molecule has 3 heteroatoms. The summed E-state index contributed by atoms with van der Waals surface area (Å²) in [5, 5.41) is 17.6. The lowest BCUT2D eigenvalue weighted by atomic mass is 10.2. The van der Waals surface area contributed by atoms with E-state index in [0.29, 0.717) is 6.42 Å². The lowest BCUT2D eigenvalue weighted by molar-refractivity contribution is -0.146. The molecular weight excluding hydrogens is 288 g/mol. The molecule has 130 valence electrons. The third-order valence-electron chi connectivity index (χ3n) is 3.35. The monoisotopic (exact) mass is 320 g/mol. The van der Waals surface area contributed by atoms with Crippen LogP contribution in [0, 0.1) is 0 Å². The molecular formula is C20H32O3. The van der Waals surface area contributed by atoms with E-state index in [1.807, 2.05) is 18.2 Å². The van der Waals surface area contributed by atoms with Crippen molar-refractivity contribution in [3.8, 4) is 0 Å². The van der Waals surface area contributed by atoms with Crippen LogP contribution < -0.4 is 0 Å². The second kappa shape index (κ2) is 16.8. The molecule has 0 aliphatic heterocycles. The number of hydrogen-bond acceptors (Lipinski definition) is 2. The first kappa shape index (κ1) is 21.4. The van der Waals surface area contributed by atoms with Crippen LogP contribution in [-0.2, 0) is 4.79 Å². The van der Waals surface area contributed by atoms with Crippen LogP contribution in [0.15, 0.2) is 48.6 Å².